The van der Waals surface area contributed by atoms with Gasteiger partial charge in [0, 0.05) is 17.6 Å². The molecule has 0 heterocycles. The summed E-state index contributed by atoms with van der Waals surface area (Å²) in [6, 6.07) is 7.28. The van der Waals surface area contributed by atoms with E-state index in [1.165, 1.54) is 0 Å². The van der Waals surface area contributed by atoms with Gasteiger partial charge in [-0.1, -0.05) is 19.1 Å². The van der Waals surface area contributed by atoms with E-state index in [4.69, 9.17) is 5.73 Å². The van der Waals surface area contributed by atoms with Gasteiger partial charge in [-0.2, -0.15) is 0 Å². The number of carboxylic acids is 1. The van der Waals surface area contributed by atoms with Gasteiger partial charge >= 0.3 is 29.6 Å². The number of hydrogen-bond acceptors (Lipinski definition) is 3. The van der Waals surface area contributed by atoms with Crippen LogP contribution >= 0.6 is 0 Å². The van der Waals surface area contributed by atoms with E-state index < -0.39 is 11.9 Å². The Morgan fingerprint density at radius 1 is 1.53 bits per heavy atom. The molecular weight excluding hydrogens is 201 g/mol. The van der Waals surface area contributed by atoms with Crippen LogP contribution in [0.2, 0.25) is 0 Å². The average Bonchev–Trinajstić information content (AvgIpc) is 2.14. The van der Waals surface area contributed by atoms with Gasteiger partial charge in [0.15, 0.2) is 0 Å². The standard InChI is InChI=1S/C11H15NO2.Na/c1-2-9(11(13)14)6-8-4-3-5-10(12)7-8;/h3-5,7,9H,2,6,12H2,1H3,(H,13,14);/q;+1/p-1/t9-;/m0./s1. The summed E-state index contributed by atoms with van der Waals surface area (Å²) in [4.78, 5) is 10.7. The molecule has 0 spiro atoms. The van der Waals surface area contributed by atoms with Gasteiger partial charge in [0.05, 0.1) is 0 Å². The Kier molecular flexibility index (Phi) is 6.65. The zero-order valence-electron chi connectivity index (χ0n) is 9.19. The number of aliphatic carboxylic acids is 1. The first-order chi connectivity index (χ1) is 6.63. The van der Waals surface area contributed by atoms with Gasteiger partial charge in [0.2, 0.25) is 0 Å². The Labute approximate surface area is 112 Å². The van der Waals surface area contributed by atoms with Crippen LogP contribution in [0.25, 0.3) is 0 Å². The van der Waals surface area contributed by atoms with E-state index in [0.29, 0.717) is 18.5 Å². The van der Waals surface area contributed by atoms with E-state index in [1.807, 2.05) is 19.1 Å². The minimum absolute atomic E-state index is 0. The van der Waals surface area contributed by atoms with Crippen molar-refractivity contribution in [2.24, 2.45) is 5.92 Å². The number of anilines is 1. The minimum atomic E-state index is -0.991. The van der Waals surface area contributed by atoms with Crippen LogP contribution in [0.4, 0.5) is 5.69 Å². The summed E-state index contributed by atoms with van der Waals surface area (Å²) >= 11 is 0. The third kappa shape index (κ3) is 4.69. The Bertz CT molecular complexity index is 328. The molecule has 0 aromatic heterocycles. The van der Waals surface area contributed by atoms with E-state index in [0.717, 1.165) is 5.56 Å². The molecular formula is C11H14NNaO2. The van der Waals surface area contributed by atoms with Crippen molar-refractivity contribution in [3.05, 3.63) is 29.8 Å². The van der Waals surface area contributed by atoms with Crippen LogP contribution in [-0.2, 0) is 11.2 Å². The van der Waals surface area contributed by atoms with Crippen molar-refractivity contribution in [2.75, 3.05) is 5.73 Å². The molecule has 2 N–H and O–H groups in total. The van der Waals surface area contributed by atoms with Gasteiger partial charge in [-0.25, -0.2) is 0 Å². The second kappa shape index (κ2) is 6.88. The predicted octanol–water partition coefficient (Wildman–Crippen LogP) is -2.41. The van der Waals surface area contributed by atoms with Gasteiger partial charge in [0.25, 0.3) is 0 Å². The van der Waals surface area contributed by atoms with Crippen LogP contribution in [0.5, 0.6) is 0 Å². The van der Waals surface area contributed by atoms with Crippen molar-refractivity contribution < 1.29 is 39.5 Å². The van der Waals surface area contributed by atoms with Gasteiger partial charge in [-0.15, -0.1) is 0 Å². The maximum atomic E-state index is 10.7. The largest absolute Gasteiger partial charge is 1.00 e. The molecule has 0 aliphatic heterocycles. The number of carboxylic acid groups (broad SMARTS) is 1. The molecule has 76 valence electrons. The third-order valence-electron chi connectivity index (χ3n) is 2.26. The SMILES string of the molecule is CC[C@@H](Cc1cccc(N)c1)C(=O)[O-].[Na+]. The van der Waals surface area contributed by atoms with Crippen molar-refractivity contribution in [3.8, 4) is 0 Å². The van der Waals surface area contributed by atoms with E-state index in [2.05, 4.69) is 0 Å². The molecule has 0 fully saturated rings. The monoisotopic (exact) mass is 215 g/mol. The van der Waals surface area contributed by atoms with Crippen LogP contribution in [0.3, 0.4) is 0 Å². The molecule has 0 radical (unpaired) electrons. The molecule has 0 aliphatic rings. The summed E-state index contributed by atoms with van der Waals surface area (Å²) in [5, 5.41) is 10.7. The number of benzene rings is 1. The van der Waals surface area contributed by atoms with Gasteiger partial charge in [0.1, 0.15) is 0 Å². The van der Waals surface area contributed by atoms with Crippen LogP contribution in [0.1, 0.15) is 18.9 Å². The maximum Gasteiger partial charge on any atom is 1.00 e. The number of nitrogen functional groups attached to an aromatic ring is 1. The molecule has 0 saturated heterocycles. The van der Waals surface area contributed by atoms with E-state index in [1.54, 1.807) is 12.1 Å². The van der Waals surface area contributed by atoms with Gasteiger partial charge in [-0.05, 0) is 30.5 Å². The fraction of sp³-hybridized carbons (Fsp3) is 0.364. The zero-order chi connectivity index (χ0) is 10.6. The fourth-order valence-electron chi connectivity index (χ4n) is 1.40. The van der Waals surface area contributed by atoms with E-state index >= 15 is 0 Å². The second-order valence-corrected chi connectivity index (χ2v) is 3.37. The maximum absolute atomic E-state index is 10.7. The predicted molar refractivity (Wildman–Crippen MR) is 53.3 cm³/mol. The minimum Gasteiger partial charge on any atom is -0.550 e. The summed E-state index contributed by atoms with van der Waals surface area (Å²) in [7, 11) is 0. The Balaban J connectivity index is 0.00000196. The summed E-state index contributed by atoms with van der Waals surface area (Å²) in [6.07, 6.45) is 1.07. The Morgan fingerprint density at radius 2 is 2.20 bits per heavy atom. The number of carbonyl (C=O) groups is 1. The first kappa shape index (κ1) is 14.5. The van der Waals surface area contributed by atoms with Crippen LogP contribution in [0.15, 0.2) is 24.3 Å². The summed E-state index contributed by atoms with van der Waals surface area (Å²) < 4.78 is 0. The molecule has 0 aliphatic carbocycles. The molecule has 1 atom stereocenters. The first-order valence-electron chi connectivity index (χ1n) is 4.68. The summed E-state index contributed by atoms with van der Waals surface area (Å²) in [5.41, 5.74) is 7.20. The van der Waals surface area contributed by atoms with Crippen molar-refractivity contribution >= 4 is 11.7 Å². The Hall–Kier alpha value is -0.510. The van der Waals surface area contributed by atoms with Crippen LogP contribution in [0, 0.1) is 5.92 Å². The third-order valence-corrected chi connectivity index (χ3v) is 2.26. The Morgan fingerprint density at radius 3 is 2.67 bits per heavy atom. The molecule has 0 bridgehead atoms. The van der Waals surface area contributed by atoms with Crippen molar-refractivity contribution in [1.29, 1.82) is 0 Å². The van der Waals surface area contributed by atoms with Crippen molar-refractivity contribution in [3.63, 3.8) is 0 Å². The number of hydrogen-bond donors (Lipinski definition) is 1. The van der Waals surface area contributed by atoms with Gasteiger partial charge < -0.3 is 15.6 Å². The first-order valence-corrected chi connectivity index (χ1v) is 4.68. The molecule has 1 aromatic rings. The quantitative estimate of drug-likeness (QED) is 0.449. The number of rotatable bonds is 4. The molecule has 0 saturated carbocycles. The molecule has 15 heavy (non-hydrogen) atoms. The van der Waals surface area contributed by atoms with Crippen molar-refractivity contribution in [2.45, 2.75) is 19.8 Å². The number of nitrogens with two attached hydrogens (primary N) is 1. The zero-order valence-corrected chi connectivity index (χ0v) is 11.2. The van der Waals surface area contributed by atoms with E-state index in [9.17, 15) is 9.90 Å². The van der Waals surface area contributed by atoms with Gasteiger partial charge in [-0.3, -0.25) is 0 Å². The average molecular weight is 215 g/mol. The van der Waals surface area contributed by atoms with Crippen LogP contribution in [-0.4, -0.2) is 5.97 Å². The summed E-state index contributed by atoms with van der Waals surface area (Å²) in [6.45, 7) is 1.84. The van der Waals surface area contributed by atoms with E-state index in [-0.39, 0.29) is 29.6 Å². The molecule has 1 aromatic carbocycles. The van der Waals surface area contributed by atoms with Crippen LogP contribution < -0.4 is 40.4 Å². The number of carbonyl (C=O) groups excluding carboxylic acids is 1. The molecule has 0 amide bonds. The molecule has 1 rings (SSSR count). The molecule has 0 unspecified atom stereocenters. The fourth-order valence-corrected chi connectivity index (χ4v) is 1.40. The topological polar surface area (TPSA) is 66.2 Å². The summed E-state index contributed by atoms with van der Waals surface area (Å²) in [5.74, 6) is -1.41. The normalized spacial score (nSPS) is 11.5. The molecule has 4 heteroatoms. The van der Waals surface area contributed by atoms with Crippen molar-refractivity contribution in [1.82, 2.24) is 0 Å². The smallest absolute Gasteiger partial charge is 0.550 e. The molecule has 3 nitrogen and oxygen atoms in total. The second-order valence-electron chi connectivity index (χ2n) is 3.37.